The molecule has 0 saturated heterocycles. The van der Waals surface area contributed by atoms with Gasteiger partial charge in [-0.3, -0.25) is 19.8 Å². The van der Waals surface area contributed by atoms with Crippen LogP contribution in [0.15, 0.2) is 66.7 Å². The molecule has 0 saturated carbocycles. The third-order valence-electron chi connectivity index (χ3n) is 5.01. The largest absolute Gasteiger partial charge is 0.305 e. The summed E-state index contributed by atoms with van der Waals surface area (Å²) in [5, 5.41) is 21.4. The molecule has 0 spiro atoms. The number of benzene rings is 3. The Bertz CT molecular complexity index is 1340. The lowest BCUT2D eigenvalue weighted by atomic mass is 10.1. The van der Waals surface area contributed by atoms with Gasteiger partial charge in [-0.15, -0.1) is 0 Å². The number of nitrogens with one attached hydrogen (secondary N) is 4. The van der Waals surface area contributed by atoms with Gasteiger partial charge in [0.05, 0.1) is 11.0 Å². The molecule has 2 heterocycles. The smallest absolute Gasteiger partial charge is 0.256 e. The third-order valence-corrected chi connectivity index (χ3v) is 5.01. The summed E-state index contributed by atoms with van der Waals surface area (Å²) in [5.41, 5.74) is 3.17. The van der Waals surface area contributed by atoms with Gasteiger partial charge in [-0.25, -0.2) is 0 Å². The van der Waals surface area contributed by atoms with Crippen LogP contribution in [-0.4, -0.2) is 32.2 Å². The molecule has 0 aliphatic carbocycles. The molecule has 2 amide bonds. The summed E-state index contributed by atoms with van der Waals surface area (Å²) in [4.78, 5) is 25.7. The van der Waals surface area contributed by atoms with Crippen molar-refractivity contribution in [3.05, 3.63) is 83.4 Å². The van der Waals surface area contributed by atoms with Crippen LogP contribution in [-0.2, 0) is 0 Å². The monoisotopic (exact) mass is 410 g/mol. The number of anilines is 2. The van der Waals surface area contributed by atoms with Gasteiger partial charge in [-0.05, 0) is 55.0 Å². The maximum absolute atomic E-state index is 12.9. The average Bonchev–Trinajstić information content (AvgIpc) is 3.38. The number of aromatic amines is 2. The zero-order valence-electron chi connectivity index (χ0n) is 16.6. The molecule has 5 rings (SSSR count). The number of rotatable bonds is 4. The SMILES string of the molecule is Cc1cc(C(=O)Nc2n[nH]c3ccccc23)cc(C(=O)Nc2n[nH]c3ccccc23)c1. The van der Waals surface area contributed by atoms with Crippen LogP contribution in [0.25, 0.3) is 21.8 Å². The lowest BCUT2D eigenvalue weighted by Crippen LogP contribution is -2.16. The van der Waals surface area contributed by atoms with Gasteiger partial charge in [0.2, 0.25) is 0 Å². The maximum atomic E-state index is 12.9. The summed E-state index contributed by atoms with van der Waals surface area (Å²) in [6.45, 7) is 1.83. The van der Waals surface area contributed by atoms with Crippen LogP contribution in [0.4, 0.5) is 11.6 Å². The predicted molar refractivity (Wildman–Crippen MR) is 119 cm³/mol. The van der Waals surface area contributed by atoms with Crippen LogP contribution in [0.1, 0.15) is 26.3 Å². The molecule has 0 aliphatic rings. The molecule has 4 N–H and O–H groups in total. The molecule has 8 heteroatoms. The van der Waals surface area contributed by atoms with E-state index in [0.29, 0.717) is 22.8 Å². The number of carbonyl (C=O) groups excluding carboxylic acids is 2. The zero-order valence-corrected chi connectivity index (χ0v) is 16.6. The molecule has 0 aliphatic heterocycles. The molecule has 0 bridgehead atoms. The van der Waals surface area contributed by atoms with E-state index in [-0.39, 0.29) is 11.8 Å². The number of hydrogen-bond donors (Lipinski definition) is 4. The summed E-state index contributed by atoms with van der Waals surface area (Å²) in [6, 6.07) is 20.0. The first kappa shape index (κ1) is 18.6. The van der Waals surface area contributed by atoms with E-state index in [1.165, 1.54) is 0 Å². The highest BCUT2D eigenvalue weighted by Crippen LogP contribution is 2.22. The van der Waals surface area contributed by atoms with Crippen molar-refractivity contribution in [2.75, 3.05) is 10.6 Å². The van der Waals surface area contributed by atoms with E-state index in [2.05, 4.69) is 31.0 Å². The number of nitrogens with zero attached hydrogens (tertiary/aromatic N) is 2. The molecular formula is C23H18N6O2. The van der Waals surface area contributed by atoms with Crippen molar-refractivity contribution in [3.63, 3.8) is 0 Å². The van der Waals surface area contributed by atoms with Gasteiger partial charge in [0.25, 0.3) is 11.8 Å². The van der Waals surface area contributed by atoms with Crippen molar-refractivity contribution in [3.8, 4) is 0 Å². The van der Waals surface area contributed by atoms with Gasteiger partial charge < -0.3 is 10.6 Å². The molecule has 0 radical (unpaired) electrons. The van der Waals surface area contributed by atoms with Gasteiger partial charge in [-0.2, -0.15) is 10.2 Å². The van der Waals surface area contributed by atoms with E-state index < -0.39 is 0 Å². The topological polar surface area (TPSA) is 116 Å². The van der Waals surface area contributed by atoms with E-state index in [9.17, 15) is 9.59 Å². The van der Waals surface area contributed by atoms with Gasteiger partial charge >= 0.3 is 0 Å². The number of carbonyl (C=O) groups is 2. The predicted octanol–water partition coefficient (Wildman–Crippen LogP) is 4.25. The minimum atomic E-state index is -0.347. The first-order valence-electron chi connectivity index (χ1n) is 9.69. The quantitative estimate of drug-likeness (QED) is 0.354. The molecule has 8 nitrogen and oxygen atoms in total. The Balaban J connectivity index is 1.40. The fraction of sp³-hybridized carbons (Fsp3) is 0.0435. The summed E-state index contributed by atoms with van der Waals surface area (Å²) < 4.78 is 0. The second kappa shape index (κ2) is 7.42. The van der Waals surface area contributed by atoms with Crippen LogP contribution in [0, 0.1) is 6.92 Å². The van der Waals surface area contributed by atoms with Crippen LogP contribution in [0.2, 0.25) is 0 Å². The first-order chi connectivity index (χ1) is 15.1. The summed E-state index contributed by atoms with van der Waals surface area (Å²) >= 11 is 0. The number of fused-ring (bicyclic) bond motifs is 2. The highest BCUT2D eigenvalue weighted by atomic mass is 16.2. The minimum absolute atomic E-state index is 0.347. The van der Waals surface area contributed by atoms with Crippen molar-refractivity contribution >= 4 is 45.3 Å². The molecule has 0 atom stereocenters. The van der Waals surface area contributed by atoms with E-state index in [0.717, 1.165) is 27.4 Å². The molecule has 2 aromatic heterocycles. The molecule has 0 fully saturated rings. The summed E-state index contributed by atoms with van der Waals surface area (Å²) in [7, 11) is 0. The Morgan fingerprint density at radius 1 is 0.710 bits per heavy atom. The van der Waals surface area contributed by atoms with Crippen LogP contribution in [0.3, 0.4) is 0 Å². The number of aromatic nitrogens is 4. The number of H-pyrrole nitrogens is 2. The zero-order chi connectivity index (χ0) is 21.4. The molecular weight excluding hydrogens is 392 g/mol. The highest BCUT2D eigenvalue weighted by molar-refractivity contribution is 6.11. The third kappa shape index (κ3) is 3.51. The Morgan fingerprint density at radius 3 is 1.65 bits per heavy atom. The lowest BCUT2D eigenvalue weighted by Gasteiger charge is -2.08. The van der Waals surface area contributed by atoms with Crippen molar-refractivity contribution in [1.82, 2.24) is 20.4 Å². The minimum Gasteiger partial charge on any atom is -0.305 e. The van der Waals surface area contributed by atoms with Crippen molar-refractivity contribution in [2.24, 2.45) is 0 Å². The lowest BCUT2D eigenvalue weighted by molar-refractivity contribution is 0.102. The van der Waals surface area contributed by atoms with E-state index in [1.807, 2.05) is 55.5 Å². The maximum Gasteiger partial charge on any atom is 0.256 e. The fourth-order valence-corrected chi connectivity index (χ4v) is 3.52. The average molecular weight is 410 g/mol. The van der Waals surface area contributed by atoms with E-state index in [1.54, 1.807) is 18.2 Å². The Labute approximate surface area is 176 Å². The highest BCUT2D eigenvalue weighted by Gasteiger charge is 2.16. The van der Waals surface area contributed by atoms with E-state index in [4.69, 9.17) is 0 Å². The van der Waals surface area contributed by atoms with E-state index >= 15 is 0 Å². The van der Waals surface area contributed by atoms with Crippen molar-refractivity contribution < 1.29 is 9.59 Å². The van der Waals surface area contributed by atoms with Gasteiger partial charge in [-0.1, -0.05) is 24.3 Å². The van der Waals surface area contributed by atoms with Crippen LogP contribution >= 0.6 is 0 Å². The second-order valence-corrected chi connectivity index (χ2v) is 7.23. The van der Waals surface area contributed by atoms with Crippen LogP contribution < -0.4 is 10.6 Å². The molecule has 5 aromatic rings. The summed E-state index contributed by atoms with van der Waals surface area (Å²) in [5.74, 6) is 0.188. The number of aryl methyl sites for hydroxylation is 1. The fourth-order valence-electron chi connectivity index (χ4n) is 3.52. The first-order valence-corrected chi connectivity index (χ1v) is 9.69. The molecule has 3 aromatic carbocycles. The molecule has 152 valence electrons. The number of hydrogen-bond acceptors (Lipinski definition) is 4. The standard InChI is InChI=1S/C23H18N6O2/c1-13-10-14(22(30)24-20-16-6-2-4-8-18(16)26-28-20)12-15(11-13)23(31)25-21-17-7-3-5-9-19(17)27-29-21/h2-12H,1H3,(H2,24,26,28,30)(H2,25,27,29,31). The normalized spacial score (nSPS) is 11.0. The van der Waals surface area contributed by atoms with Gasteiger partial charge in [0, 0.05) is 21.9 Å². The molecule has 0 unspecified atom stereocenters. The second-order valence-electron chi connectivity index (χ2n) is 7.23. The summed E-state index contributed by atoms with van der Waals surface area (Å²) in [6.07, 6.45) is 0. The van der Waals surface area contributed by atoms with Crippen molar-refractivity contribution in [1.29, 1.82) is 0 Å². The van der Waals surface area contributed by atoms with Gasteiger partial charge in [0.1, 0.15) is 0 Å². The number of amides is 2. The Kier molecular flexibility index (Phi) is 4.44. The number of para-hydroxylation sites is 2. The van der Waals surface area contributed by atoms with Gasteiger partial charge in [0.15, 0.2) is 11.6 Å². The van der Waals surface area contributed by atoms with Crippen molar-refractivity contribution in [2.45, 2.75) is 6.92 Å². The molecule has 31 heavy (non-hydrogen) atoms. The Hall–Kier alpha value is -4.46. The van der Waals surface area contributed by atoms with Crippen LogP contribution in [0.5, 0.6) is 0 Å². The Morgan fingerprint density at radius 2 is 1.16 bits per heavy atom.